The molecule has 0 aliphatic carbocycles. The van der Waals surface area contributed by atoms with E-state index in [0.29, 0.717) is 0 Å². The van der Waals surface area contributed by atoms with E-state index in [-0.39, 0.29) is 12.5 Å². The molecule has 1 nitrogen and oxygen atoms in total. The van der Waals surface area contributed by atoms with Crippen LogP contribution in [0.2, 0.25) is 0 Å². The molecule has 0 bridgehead atoms. The van der Waals surface area contributed by atoms with Crippen LogP contribution in [-0.4, -0.2) is 15.5 Å². The molecule has 0 radical (unpaired) electrons. The number of rotatable bonds is 1. The van der Waals surface area contributed by atoms with Gasteiger partial charge in [0, 0.05) is 12.5 Å². The second kappa shape index (κ2) is 3.11. The highest BCUT2D eigenvalue weighted by Gasteiger charge is 2.27. The second-order valence-corrected chi connectivity index (χ2v) is 3.99. The molecule has 1 N–H and O–H groups in total. The first-order chi connectivity index (χ1) is 3.48. The summed E-state index contributed by atoms with van der Waals surface area (Å²) in [4.78, 5) is 0. The fourth-order valence-corrected chi connectivity index (χ4v) is 0.311. The highest BCUT2D eigenvalue weighted by molar-refractivity contribution is 6.67. The van der Waals surface area contributed by atoms with Crippen LogP contribution in [0.1, 0.15) is 6.92 Å². The van der Waals surface area contributed by atoms with Crippen molar-refractivity contribution in [3.8, 4) is 0 Å². The van der Waals surface area contributed by atoms with Gasteiger partial charge < -0.3 is 5.11 Å². The van der Waals surface area contributed by atoms with Crippen LogP contribution in [0, 0.1) is 5.92 Å². The van der Waals surface area contributed by atoms with Crippen molar-refractivity contribution < 1.29 is 5.11 Å². The number of alkyl halides is 3. The molecule has 1 atom stereocenters. The number of halogens is 3. The van der Waals surface area contributed by atoms with Crippen molar-refractivity contribution in [1.29, 1.82) is 0 Å². The number of aliphatic hydroxyl groups excluding tert-OH is 1. The molecule has 0 fully saturated rings. The Kier molecular flexibility index (Phi) is 3.44. The third-order valence-electron chi connectivity index (χ3n) is 0.833. The van der Waals surface area contributed by atoms with E-state index in [1.165, 1.54) is 0 Å². The van der Waals surface area contributed by atoms with E-state index in [1.807, 2.05) is 0 Å². The summed E-state index contributed by atoms with van der Waals surface area (Å²) in [7, 11) is 0. The van der Waals surface area contributed by atoms with Crippen LogP contribution in [0.5, 0.6) is 0 Å². The minimum atomic E-state index is -1.32. The first-order valence-electron chi connectivity index (χ1n) is 2.16. The Morgan fingerprint density at radius 1 is 1.50 bits per heavy atom. The van der Waals surface area contributed by atoms with E-state index in [1.54, 1.807) is 6.92 Å². The van der Waals surface area contributed by atoms with Gasteiger partial charge in [-0.05, 0) is 0 Å². The molecule has 0 aliphatic heterocycles. The van der Waals surface area contributed by atoms with Crippen LogP contribution in [0.25, 0.3) is 0 Å². The van der Waals surface area contributed by atoms with Gasteiger partial charge in [-0.1, -0.05) is 41.7 Å². The van der Waals surface area contributed by atoms with Crippen LogP contribution in [0.15, 0.2) is 0 Å². The zero-order valence-electron chi connectivity index (χ0n) is 4.37. The quantitative estimate of drug-likeness (QED) is 0.607. The lowest BCUT2D eigenvalue weighted by Gasteiger charge is -2.16. The Bertz CT molecular complexity index is 68.2. The molecule has 0 aromatic rings. The van der Waals surface area contributed by atoms with E-state index in [9.17, 15) is 0 Å². The molecule has 8 heavy (non-hydrogen) atoms. The van der Waals surface area contributed by atoms with Crippen LogP contribution < -0.4 is 0 Å². The van der Waals surface area contributed by atoms with Crippen LogP contribution in [0.3, 0.4) is 0 Å². The maximum atomic E-state index is 8.42. The molecule has 0 aliphatic rings. The minimum Gasteiger partial charge on any atom is -0.396 e. The van der Waals surface area contributed by atoms with Crippen molar-refractivity contribution in [2.24, 2.45) is 5.92 Å². The normalized spacial score (nSPS) is 16.1. The van der Waals surface area contributed by atoms with Gasteiger partial charge in [0.15, 0.2) is 3.79 Å². The maximum absolute atomic E-state index is 8.42. The van der Waals surface area contributed by atoms with Crippen LogP contribution >= 0.6 is 34.8 Å². The summed E-state index contributed by atoms with van der Waals surface area (Å²) in [5, 5.41) is 8.42. The molecule has 0 rings (SSSR count). The first-order valence-corrected chi connectivity index (χ1v) is 3.29. The molecule has 0 saturated carbocycles. The van der Waals surface area contributed by atoms with Crippen molar-refractivity contribution in [2.75, 3.05) is 6.61 Å². The molecule has 0 heterocycles. The fourth-order valence-electron chi connectivity index (χ4n) is 0.104. The lowest BCUT2D eigenvalue weighted by atomic mass is 10.2. The summed E-state index contributed by atoms with van der Waals surface area (Å²) < 4.78 is -1.32. The zero-order valence-corrected chi connectivity index (χ0v) is 6.63. The van der Waals surface area contributed by atoms with Gasteiger partial charge in [0.25, 0.3) is 0 Å². The number of hydrogen-bond acceptors (Lipinski definition) is 1. The third kappa shape index (κ3) is 2.98. The summed E-state index contributed by atoms with van der Waals surface area (Å²) in [6, 6.07) is 0. The zero-order chi connectivity index (χ0) is 6.78. The Hall–Kier alpha value is 0.830. The highest BCUT2D eigenvalue weighted by atomic mass is 35.6. The molecular formula is C4H7Cl3O. The SMILES string of the molecule is CC(CO)C(Cl)(Cl)Cl. The molecule has 0 saturated heterocycles. The second-order valence-electron chi connectivity index (χ2n) is 1.63. The van der Waals surface area contributed by atoms with Crippen molar-refractivity contribution >= 4 is 34.8 Å². The van der Waals surface area contributed by atoms with Gasteiger partial charge in [-0.25, -0.2) is 0 Å². The number of hydrogen-bond donors (Lipinski definition) is 1. The minimum absolute atomic E-state index is 0.101. The Morgan fingerprint density at radius 2 is 1.88 bits per heavy atom. The Labute approximate surface area is 63.5 Å². The van der Waals surface area contributed by atoms with Crippen molar-refractivity contribution in [3.63, 3.8) is 0 Å². The van der Waals surface area contributed by atoms with Gasteiger partial charge in [-0.3, -0.25) is 0 Å². The number of aliphatic hydroxyl groups is 1. The molecule has 0 aromatic heterocycles. The summed E-state index contributed by atoms with van der Waals surface area (Å²) in [6.07, 6.45) is 0. The van der Waals surface area contributed by atoms with E-state index < -0.39 is 3.79 Å². The molecular weight excluding hydrogens is 170 g/mol. The molecule has 4 heteroatoms. The van der Waals surface area contributed by atoms with Gasteiger partial charge in [-0.2, -0.15) is 0 Å². The standard InChI is InChI=1S/C4H7Cl3O/c1-3(2-8)4(5,6)7/h3,8H,2H2,1H3. The predicted molar refractivity (Wildman–Crippen MR) is 36.5 cm³/mol. The Balaban J connectivity index is 3.62. The van der Waals surface area contributed by atoms with Gasteiger partial charge in [0.05, 0.1) is 0 Å². The van der Waals surface area contributed by atoms with Crippen LogP contribution in [0.4, 0.5) is 0 Å². The molecule has 50 valence electrons. The third-order valence-corrected chi connectivity index (χ3v) is 1.95. The van der Waals surface area contributed by atoms with Gasteiger partial charge >= 0.3 is 0 Å². The molecule has 0 spiro atoms. The summed E-state index contributed by atoms with van der Waals surface area (Å²) in [5.74, 6) is -0.299. The van der Waals surface area contributed by atoms with E-state index in [4.69, 9.17) is 39.9 Å². The lowest BCUT2D eigenvalue weighted by molar-refractivity contribution is 0.239. The van der Waals surface area contributed by atoms with Crippen molar-refractivity contribution in [1.82, 2.24) is 0 Å². The Morgan fingerprint density at radius 3 is 1.88 bits per heavy atom. The summed E-state index contributed by atoms with van der Waals surface area (Å²) in [5.41, 5.74) is 0. The molecule has 0 amide bonds. The smallest absolute Gasteiger partial charge is 0.195 e. The molecule has 1 unspecified atom stereocenters. The highest BCUT2D eigenvalue weighted by Crippen LogP contribution is 2.33. The monoisotopic (exact) mass is 176 g/mol. The predicted octanol–water partition coefficient (Wildman–Crippen LogP) is 1.98. The average molecular weight is 177 g/mol. The van der Waals surface area contributed by atoms with Gasteiger partial charge in [-0.15, -0.1) is 0 Å². The van der Waals surface area contributed by atoms with E-state index in [2.05, 4.69) is 0 Å². The lowest BCUT2D eigenvalue weighted by Crippen LogP contribution is -2.18. The first kappa shape index (κ1) is 8.83. The van der Waals surface area contributed by atoms with Crippen molar-refractivity contribution in [2.45, 2.75) is 10.7 Å². The van der Waals surface area contributed by atoms with Gasteiger partial charge in [0.1, 0.15) is 0 Å². The summed E-state index contributed by atoms with van der Waals surface area (Å²) >= 11 is 16.1. The van der Waals surface area contributed by atoms with Crippen LogP contribution in [-0.2, 0) is 0 Å². The summed E-state index contributed by atoms with van der Waals surface area (Å²) in [6.45, 7) is 1.56. The van der Waals surface area contributed by atoms with E-state index in [0.717, 1.165) is 0 Å². The average Bonchev–Trinajstić information content (AvgIpc) is 1.62. The largest absolute Gasteiger partial charge is 0.396 e. The van der Waals surface area contributed by atoms with E-state index >= 15 is 0 Å². The molecule has 0 aromatic carbocycles. The van der Waals surface area contributed by atoms with Crippen molar-refractivity contribution in [3.05, 3.63) is 0 Å². The maximum Gasteiger partial charge on any atom is 0.195 e. The topological polar surface area (TPSA) is 20.2 Å². The van der Waals surface area contributed by atoms with Gasteiger partial charge in [0.2, 0.25) is 0 Å². The fraction of sp³-hybridized carbons (Fsp3) is 1.00.